The minimum Gasteiger partial charge on any atom is -0.495 e. The third kappa shape index (κ3) is 1.27. The lowest BCUT2D eigenvalue weighted by Gasteiger charge is -2.66. The lowest BCUT2D eigenvalue weighted by molar-refractivity contribution is -0.156. The molecule has 1 aromatic rings. The van der Waals surface area contributed by atoms with E-state index in [2.05, 4.69) is 11.0 Å². The van der Waals surface area contributed by atoms with E-state index in [-0.39, 0.29) is 16.6 Å². The average molecular weight is 352 g/mol. The zero-order chi connectivity index (χ0) is 17.7. The van der Waals surface area contributed by atoms with E-state index in [1.54, 1.807) is 12.0 Å². The number of carbonyl (C=O) groups is 2. The van der Waals surface area contributed by atoms with Crippen LogP contribution in [0.4, 0.5) is 5.69 Å². The molecule has 2 saturated heterocycles. The van der Waals surface area contributed by atoms with Gasteiger partial charge in [0.1, 0.15) is 11.3 Å². The van der Waals surface area contributed by atoms with E-state index in [4.69, 9.17) is 4.74 Å². The molecule has 26 heavy (non-hydrogen) atoms. The maximum Gasteiger partial charge on any atom is 0.215 e. The fraction of sp³-hybridized carbons (Fsp3) is 0.619. The van der Waals surface area contributed by atoms with Crippen molar-refractivity contribution in [3.8, 4) is 5.75 Å². The molecule has 5 heteroatoms. The second kappa shape index (κ2) is 4.50. The van der Waals surface area contributed by atoms with Gasteiger partial charge in [0.15, 0.2) is 5.78 Å². The summed E-state index contributed by atoms with van der Waals surface area (Å²) in [4.78, 5) is 30.4. The Kier molecular flexibility index (Phi) is 2.63. The van der Waals surface area contributed by atoms with Gasteiger partial charge < -0.3 is 4.74 Å². The van der Waals surface area contributed by atoms with Gasteiger partial charge >= 0.3 is 0 Å². The molecule has 0 aromatic heterocycles. The standard InChI is InChI=1S/C21H24N2O3/c1-26-15-5-2-4-14-17(15)23(13-24)21-8-7-19(12-16(21)25)6-3-10-22-11-9-20(14,21)18(19)22/h2,4-5,13,18H,3,6-12H2,1H3/t18-,19?,20+,21?/m0/s1. The van der Waals surface area contributed by atoms with Gasteiger partial charge in [0.05, 0.1) is 12.8 Å². The van der Waals surface area contributed by atoms with Crippen molar-refractivity contribution in [2.75, 3.05) is 25.1 Å². The molecule has 3 saturated carbocycles. The van der Waals surface area contributed by atoms with Crippen molar-refractivity contribution in [3.63, 3.8) is 0 Å². The predicted octanol–water partition coefficient (Wildman–Crippen LogP) is 2.27. The molecule has 3 spiro atoms. The molecular weight excluding hydrogens is 328 g/mol. The van der Waals surface area contributed by atoms with Crippen molar-refractivity contribution in [2.45, 2.75) is 55.5 Å². The molecule has 0 N–H and O–H groups in total. The number of methoxy groups -OCH3 is 1. The fourth-order valence-corrected chi connectivity index (χ4v) is 7.90. The molecule has 3 aliphatic carbocycles. The first-order chi connectivity index (χ1) is 12.6. The maximum atomic E-state index is 13.7. The van der Waals surface area contributed by atoms with Crippen molar-refractivity contribution in [2.24, 2.45) is 5.41 Å². The molecule has 0 radical (unpaired) electrons. The number of fused-ring (bicyclic) bond motifs is 3. The molecular formula is C21H24N2O3. The lowest BCUT2D eigenvalue weighted by atomic mass is 9.41. The van der Waals surface area contributed by atoms with Crippen molar-refractivity contribution in [1.82, 2.24) is 4.90 Å². The number of carbonyl (C=O) groups excluding carboxylic acids is 2. The second-order valence-electron chi connectivity index (χ2n) is 8.92. The van der Waals surface area contributed by atoms with Crippen molar-refractivity contribution in [3.05, 3.63) is 23.8 Å². The zero-order valence-corrected chi connectivity index (χ0v) is 15.2. The van der Waals surface area contributed by atoms with E-state index in [1.165, 1.54) is 12.0 Å². The van der Waals surface area contributed by atoms with Gasteiger partial charge in [0, 0.05) is 17.9 Å². The Morgan fingerprint density at radius 1 is 1.19 bits per heavy atom. The van der Waals surface area contributed by atoms with Crippen LogP contribution in [0.3, 0.4) is 0 Å². The molecule has 6 aliphatic rings. The molecule has 1 aromatic carbocycles. The van der Waals surface area contributed by atoms with E-state index in [1.807, 2.05) is 12.1 Å². The molecule has 5 fully saturated rings. The van der Waals surface area contributed by atoms with Gasteiger partial charge in [-0.15, -0.1) is 0 Å². The summed E-state index contributed by atoms with van der Waals surface area (Å²) in [5, 5.41) is 0. The Balaban J connectivity index is 1.72. The third-order valence-electron chi connectivity index (χ3n) is 8.48. The number of anilines is 1. The van der Waals surface area contributed by atoms with Crippen LogP contribution in [0.25, 0.3) is 0 Å². The van der Waals surface area contributed by atoms with Gasteiger partial charge in [-0.3, -0.25) is 19.4 Å². The Bertz CT molecular complexity index is 854. The third-order valence-corrected chi connectivity index (χ3v) is 8.48. The summed E-state index contributed by atoms with van der Waals surface area (Å²) in [7, 11) is 1.65. The first-order valence-corrected chi connectivity index (χ1v) is 9.84. The number of ketones is 1. The lowest BCUT2D eigenvalue weighted by Crippen LogP contribution is -2.78. The monoisotopic (exact) mass is 352 g/mol. The first-order valence-electron chi connectivity index (χ1n) is 9.84. The quantitative estimate of drug-likeness (QED) is 0.766. The van der Waals surface area contributed by atoms with Gasteiger partial charge in [-0.05, 0) is 62.2 Å². The molecule has 2 unspecified atom stereocenters. The number of nitrogens with zero attached hydrogens (tertiary/aromatic N) is 2. The van der Waals surface area contributed by atoms with Crippen molar-refractivity contribution < 1.29 is 14.3 Å². The SMILES string of the molecule is COc1cccc2c1N(C=O)C13CCC4(CCCN5CC[C@]21[C@@H]54)CC3=O. The summed E-state index contributed by atoms with van der Waals surface area (Å²) in [5.74, 6) is 1.00. The molecule has 136 valence electrons. The fourth-order valence-electron chi connectivity index (χ4n) is 7.90. The second-order valence-corrected chi connectivity index (χ2v) is 8.92. The molecule has 5 nitrogen and oxygen atoms in total. The van der Waals surface area contributed by atoms with Crippen LogP contribution in [0.15, 0.2) is 18.2 Å². The predicted molar refractivity (Wildman–Crippen MR) is 96.4 cm³/mol. The van der Waals surface area contributed by atoms with Gasteiger partial charge in [0.25, 0.3) is 0 Å². The van der Waals surface area contributed by atoms with Crippen LogP contribution in [-0.4, -0.2) is 48.9 Å². The summed E-state index contributed by atoms with van der Waals surface area (Å²) in [5.41, 5.74) is 1.17. The van der Waals surface area contributed by atoms with E-state index < -0.39 is 5.54 Å². The molecule has 2 bridgehead atoms. The van der Waals surface area contributed by atoms with Crippen molar-refractivity contribution >= 4 is 17.9 Å². The highest BCUT2D eigenvalue weighted by molar-refractivity contribution is 6.06. The number of amides is 1. The van der Waals surface area contributed by atoms with E-state index in [0.717, 1.165) is 50.9 Å². The molecule has 1 amide bonds. The number of ether oxygens (including phenoxy) is 1. The van der Waals surface area contributed by atoms with Gasteiger partial charge in [-0.25, -0.2) is 0 Å². The normalized spacial score (nSPS) is 42.4. The first kappa shape index (κ1) is 15.2. The topological polar surface area (TPSA) is 49.9 Å². The Morgan fingerprint density at radius 2 is 2.08 bits per heavy atom. The number of benzene rings is 1. The van der Waals surface area contributed by atoms with E-state index in [0.29, 0.717) is 18.2 Å². The number of hydrogen-bond acceptors (Lipinski definition) is 4. The van der Waals surface area contributed by atoms with E-state index in [9.17, 15) is 9.59 Å². The molecule has 3 aliphatic heterocycles. The van der Waals surface area contributed by atoms with Crippen LogP contribution >= 0.6 is 0 Å². The number of Topliss-reactive ketones (excluding diaryl/α,β-unsaturated/α-hetero) is 1. The van der Waals surface area contributed by atoms with Crippen LogP contribution in [0, 0.1) is 5.41 Å². The summed E-state index contributed by atoms with van der Waals surface area (Å²) < 4.78 is 5.65. The minimum atomic E-state index is -0.704. The summed E-state index contributed by atoms with van der Waals surface area (Å²) in [6.07, 6.45) is 6.70. The van der Waals surface area contributed by atoms with Gasteiger partial charge in [-0.2, -0.15) is 0 Å². The van der Waals surface area contributed by atoms with Gasteiger partial charge in [-0.1, -0.05) is 12.1 Å². The van der Waals surface area contributed by atoms with Crippen LogP contribution in [0.1, 0.15) is 44.1 Å². The summed E-state index contributed by atoms with van der Waals surface area (Å²) >= 11 is 0. The molecule has 7 rings (SSSR count). The highest BCUT2D eigenvalue weighted by atomic mass is 16.5. The molecule has 4 atom stereocenters. The Morgan fingerprint density at radius 3 is 2.85 bits per heavy atom. The maximum absolute atomic E-state index is 13.7. The Hall–Kier alpha value is -1.88. The number of para-hydroxylation sites is 1. The van der Waals surface area contributed by atoms with Gasteiger partial charge in [0.2, 0.25) is 6.41 Å². The average Bonchev–Trinajstić information content (AvgIpc) is 3.18. The van der Waals surface area contributed by atoms with Crippen LogP contribution in [0.5, 0.6) is 5.75 Å². The number of rotatable bonds is 2. The number of hydrogen-bond donors (Lipinski definition) is 0. The van der Waals surface area contributed by atoms with Crippen molar-refractivity contribution in [1.29, 1.82) is 0 Å². The van der Waals surface area contributed by atoms with Crippen LogP contribution in [0.2, 0.25) is 0 Å². The summed E-state index contributed by atoms with van der Waals surface area (Å²) in [6, 6.07) is 6.48. The van der Waals surface area contributed by atoms with Crippen LogP contribution in [-0.2, 0) is 15.0 Å². The highest BCUT2D eigenvalue weighted by Gasteiger charge is 2.80. The van der Waals surface area contributed by atoms with E-state index >= 15 is 0 Å². The number of piperidine rings is 1. The Labute approximate surface area is 153 Å². The molecule has 3 heterocycles. The minimum absolute atomic E-state index is 0.104. The highest BCUT2D eigenvalue weighted by Crippen LogP contribution is 2.73. The summed E-state index contributed by atoms with van der Waals surface area (Å²) in [6.45, 7) is 2.16. The zero-order valence-electron chi connectivity index (χ0n) is 15.2. The largest absolute Gasteiger partial charge is 0.495 e. The smallest absolute Gasteiger partial charge is 0.215 e. The van der Waals surface area contributed by atoms with Crippen LogP contribution < -0.4 is 9.64 Å².